The number of hydrogen-bond donors (Lipinski definition) is 3. The minimum Gasteiger partial charge on any atom is -0.478 e. The Balaban J connectivity index is 2.06. The quantitative estimate of drug-likeness (QED) is 0.722. The van der Waals surface area contributed by atoms with Crippen LogP contribution in [0.25, 0.3) is 0 Å². The Morgan fingerprint density at radius 3 is 2.89 bits per heavy atom. The third kappa shape index (κ3) is 3.34. The lowest BCUT2D eigenvalue weighted by Gasteiger charge is -2.12. The van der Waals surface area contributed by atoms with E-state index in [2.05, 4.69) is 10.3 Å². The second-order valence-electron chi connectivity index (χ2n) is 4.62. The Kier molecular flexibility index (Phi) is 3.61. The predicted octanol–water partition coefficient (Wildman–Crippen LogP) is 0.209. The maximum Gasteiger partial charge on any atom is 0.339 e. The third-order valence-corrected chi connectivity index (χ3v) is 4.86. The highest BCUT2D eigenvalue weighted by Gasteiger charge is 2.27. The van der Waals surface area contributed by atoms with Crippen molar-refractivity contribution in [2.24, 2.45) is 5.92 Å². The van der Waals surface area contributed by atoms with Crippen LogP contribution in [0.2, 0.25) is 0 Å². The van der Waals surface area contributed by atoms with Gasteiger partial charge in [-0.3, -0.25) is 0 Å². The molecule has 0 aromatic carbocycles. The van der Waals surface area contributed by atoms with Crippen LogP contribution in [0.5, 0.6) is 0 Å². The number of aromatic nitrogens is 1. The van der Waals surface area contributed by atoms with E-state index >= 15 is 0 Å². The number of anilines is 2. The fourth-order valence-corrected chi connectivity index (χ4v) is 3.92. The summed E-state index contributed by atoms with van der Waals surface area (Å²) in [6.07, 6.45) is 1.95. The van der Waals surface area contributed by atoms with Gasteiger partial charge in [-0.1, -0.05) is 0 Å². The van der Waals surface area contributed by atoms with Gasteiger partial charge in [0, 0.05) is 6.54 Å². The van der Waals surface area contributed by atoms with Crippen LogP contribution in [0, 0.1) is 5.92 Å². The highest BCUT2D eigenvalue weighted by molar-refractivity contribution is 7.91. The highest BCUT2D eigenvalue weighted by atomic mass is 32.2. The molecule has 1 fully saturated rings. The lowest BCUT2D eigenvalue weighted by molar-refractivity contribution is 0.0697. The molecule has 1 aliphatic heterocycles. The van der Waals surface area contributed by atoms with E-state index in [4.69, 9.17) is 10.8 Å². The minimum absolute atomic E-state index is 0.00834. The molecule has 1 unspecified atom stereocenters. The summed E-state index contributed by atoms with van der Waals surface area (Å²) in [7, 11) is -2.93. The third-order valence-electron chi connectivity index (χ3n) is 3.02. The fourth-order valence-electron chi connectivity index (χ4n) is 2.06. The topological polar surface area (TPSA) is 122 Å². The molecule has 0 aliphatic carbocycles. The molecular formula is C11H15N3O4S. The standard InChI is InChI=1S/C11H15N3O4S/c12-8-3-9(11(15)16)10(14-5-8)13-4-7-1-2-19(17,18)6-7/h3,5,7H,1-2,4,6,12H2,(H,13,14)(H,15,16). The van der Waals surface area contributed by atoms with Crippen molar-refractivity contribution < 1.29 is 18.3 Å². The zero-order valence-corrected chi connectivity index (χ0v) is 11.0. The van der Waals surface area contributed by atoms with Crippen molar-refractivity contribution in [1.29, 1.82) is 0 Å². The van der Waals surface area contributed by atoms with Crippen molar-refractivity contribution in [3.8, 4) is 0 Å². The first kappa shape index (κ1) is 13.6. The number of sulfone groups is 1. The minimum atomic E-state index is -2.93. The summed E-state index contributed by atoms with van der Waals surface area (Å²) in [6.45, 7) is 0.385. The number of nitrogens with zero attached hydrogens (tertiary/aromatic N) is 1. The summed E-state index contributed by atoms with van der Waals surface area (Å²) in [5, 5.41) is 11.9. The zero-order valence-electron chi connectivity index (χ0n) is 10.2. The summed E-state index contributed by atoms with van der Waals surface area (Å²) in [5.74, 6) is -0.587. The molecule has 104 valence electrons. The van der Waals surface area contributed by atoms with E-state index in [1.54, 1.807) is 0 Å². The molecule has 1 aromatic rings. The van der Waals surface area contributed by atoms with E-state index in [0.717, 1.165) is 0 Å². The number of aromatic carboxylic acids is 1. The van der Waals surface area contributed by atoms with Crippen molar-refractivity contribution in [3.05, 3.63) is 17.8 Å². The predicted molar refractivity (Wildman–Crippen MR) is 70.9 cm³/mol. The largest absolute Gasteiger partial charge is 0.478 e. The zero-order chi connectivity index (χ0) is 14.0. The maximum atomic E-state index is 11.3. The van der Waals surface area contributed by atoms with Crippen LogP contribution in [0.4, 0.5) is 11.5 Å². The van der Waals surface area contributed by atoms with Gasteiger partial charge >= 0.3 is 5.97 Å². The lowest BCUT2D eigenvalue weighted by atomic mass is 10.1. The van der Waals surface area contributed by atoms with E-state index in [9.17, 15) is 13.2 Å². The molecule has 0 spiro atoms. The van der Waals surface area contributed by atoms with Crippen LogP contribution in [0.15, 0.2) is 12.3 Å². The van der Waals surface area contributed by atoms with Crippen LogP contribution < -0.4 is 11.1 Å². The summed E-state index contributed by atoms with van der Waals surface area (Å²) in [4.78, 5) is 15.0. The highest BCUT2D eigenvalue weighted by Crippen LogP contribution is 2.20. The van der Waals surface area contributed by atoms with E-state index in [1.165, 1.54) is 12.3 Å². The van der Waals surface area contributed by atoms with Crippen molar-refractivity contribution >= 4 is 27.3 Å². The maximum absolute atomic E-state index is 11.3. The molecule has 0 saturated carbocycles. The van der Waals surface area contributed by atoms with Crippen molar-refractivity contribution in [1.82, 2.24) is 4.98 Å². The van der Waals surface area contributed by atoms with Gasteiger partial charge in [-0.2, -0.15) is 0 Å². The summed E-state index contributed by atoms with van der Waals surface area (Å²) in [5.41, 5.74) is 5.74. The fraction of sp³-hybridized carbons (Fsp3) is 0.455. The van der Waals surface area contributed by atoms with Crippen LogP contribution in [-0.2, 0) is 9.84 Å². The Morgan fingerprint density at radius 2 is 2.32 bits per heavy atom. The van der Waals surface area contributed by atoms with Crippen molar-refractivity contribution in [3.63, 3.8) is 0 Å². The number of nitrogens with two attached hydrogens (primary N) is 1. The lowest BCUT2D eigenvalue weighted by Crippen LogP contribution is -2.18. The monoisotopic (exact) mass is 285 g/mol. The van der Waals surface area contributed by atoms with Gasteiger partial charge in [-0.25, -0.2) is 18.2 Å². The van der Waals surface area contributed by atoms with Crippen molar-refractivity contribution in [2.45, 2.75) is 6.42 Å². The second kappa shape index (κ2) is 5.04. The first-order valence-electron chi connectivity index (χ1n) is 5.80. The molecule has 0 amide bonds. The van der Waals surface area contributed by atoms with E-state index in [0.29, 0.717) is 13.0 Å². The molecule has 1 aromatic heterocycles. The van der Waals surface area contributed by atoms with Gasteiger partial charge in [0.15, 0.2) is 9.84 Å². The first-order valence-corrected chi connectivity index (χ1v) is 7.62. The van der Waals surface area contributed by atoms with Gasteiger partial charge in [0.1, 0.15) is 11.4 Å². The summed E-state index contributed by atoms with van der Waals surface area (Å²) < 4.78 is 22.6. The average Bonchev–Trinajstić information content (AvgIpc) is 2.67. The second-order valence-corrected chi connectivity index (χ2v) is 6.85. The Labute approximate surface area is 110 Å². The van der Waals surface area contributed by atoms with Crippen LogP contribution in [0.3, 0.4) is 0 Å². The smallest absolute Gasteiger partial charge is 0.339 e. The average molecular weight is 285 g/mol. The molecule has 0 radical (unpaired) electrons. The molecule has 2 rings (SSSR count). The number of pyridine rings is 1. The molecule has 19 heavy (non-hydrogen) atoms. The molecule has 1 aliphatic rings. The van der Waals surface area contributed by atoms with Gasteiger partial charge in [-0.05, 0) is 18.4 Å². The number of nitrogens with one attached hydrogen (secondary N) is 1. The number of carboxylic acids is 1. The molecular weight excluding hydrogens is 270 g/mol. The molecule has 8 heteroatoms. The van der Waals surface area contributed by atoms with Gasteiger partial charge in [0.25, 0.3) is 0 Å². The Morgan fingerprint density at radius 1 is 1.58 bits per heavy atom. The Bertz CT molecular complexity index is 600. The van der Waals surface area contributed by atoms with Crippen LogP contribution in [0.1, 0.15) is 16.8 Å². The van der Waals surface area contributed by atoms with Gasteiger partial charge in [0.2, 0.25) is 0 Å². The normalized spacial score (nSPS) is 21.2. The molecule has 7 nitrogen and oxygen atoms in total. The summed E-state index contributed by atoms with van der Waals surface area (Å²) in [6, 6.07) is 1.32. The van der Waals surface area contributed by atoms with Crippen LogP contribution >= 0.6 is 0 Å². The summed E-state index contributed by atoms with van der Waals surface area (Å²) >= 11 is 0. The molecule has 4 N–H and O–H groups in total. The SMILES string of the molecule is Nc1cnc(NCC2CCS(=O)(=O)C2)c(C(=O)O)c1. The van der Waals surface area contributed by atoms with Gasteiger partial charge in [0.05, 0.1) is 23.4 Å². The number of carbonyl (C=O) groups is 1. The number of hydrogen-bond acceptors (Lipinski definition) is 6. The van der Waals surface area contributed by atoms with Crippen molar-refractivity contribution in [2.75, 3.05) is 29.1 Å². The molecule has 2 heterocycles. The van der Waals surface area contributed by atoms with Crippen LogP contribution in [-0.4, -0.2) is 42.5 Å². The van der Waals surface area contributed by atoms with Gasteiger partial charge in [-0.15, -0.1) is 0 Å². The number of carboxylic acid groups (broad SMARTS) is 1. The molecule has 1 atom stereocenters. The first-order chi connectivity index (χ1) is 8.87. The Hall–Kier alpha value is -1.83. The van der Waals surface area contributed by atoms with E-state index in [-0.39, 0.29) is 34.5 Å². The molecule has 0 bridgehead atoms. The number of nitrogen functional groups attached to an aromatic ring is 1. The number of rotatable bonds is 4. The van der Waals surface area contributed by atoms with E-state index < -0.39 is 15.8 Å². The van der Waals surface area contributed by atoms with E-state index in [1.807, 2.05) is 0 Å². The van der Waals surface area contributed by atoms with Gasteiger partial charge < -0.3 is 16.2 Å². The molecule has 1 saturated heterocycles.